The quantitative estimate of drug-likeness (QED) is 0.237. The lowest BCUT2D eigenvalue weighted by atomic mass is 10.1. The van der Waals surface area contributed by atoms with E-state index in [2.05, 4.69) is 5.32 Å². The third kappa shape index (κ3) is 8.06. The summed E-state index contributed by atoms with van der Waals surface area (Å²) in [5.74, 6) is -0.853. The van der Waals surface area contributed by atoms with Crippen LogP contribution in [0.2, 0.25) is 10.0 Å². The van der Waals surface area contributed by atoms with Gasteiger partial charge in [0.25, 0.3) is 10.0 Å². The Bertz CT molecular complexity index is 1530. The summed E-state index contributed by atoms with van der Waals surface area (Å²) in [6.07, 6.45) is 1.03. The zero-order valence-electron chi connectivity index (χ0n) is 24.9. The van der Waals surface area contributed by atoms with Crippen molar-refractivity contribution in [2.75, 3.05) is 10.8 Å². The molecule has 3 rings (SSSR count). The molecule has 2 atom stereocenters. The average Bonchev–Trinajstić information content (AvgIpc) is 2.94. The van der Waals surface area contributed by atoms with E-state index in [-0.39, 0.29) is 23.4 Å². The third-order valence-corrected chi connectivity index (χ3v) is 9.62. The molecule has 0 bridgehead atoms. The smallest absolute Gasteiger partial charge is 0.264 e. The zero-order chi connectivity index (χ0) is 31.2. The fraction of sp³-hybridized carbons (Fsp3) is 0.375. The molecule has 7 nitrogen and oxygen atoms in total. The number of halogens is 2. The van der Waals surface area contributed by atoms with Crippen LogP contribution in [-0.2, 0) is 26.2 Å². The van der Waals surface area contributed by atoms with E-state index in [1.54, 1.807) is 43.3 Å². The Hall–Kier alpha value is -3.07. The second-order valence-electron chi connectivity index (χ2n) is 10.6. The van der Waals surface area contributed by atoms with Crippen molar-refractivity contribution in [1.82, 2.24) is 10.2 Å². The predicted octanol–water partition coefficient (Wildman–Crippen LogP) is 6.84. The number of hydrogen-bond donors (Lipinski definition) is 1. The van der Waals surface area contributed by atoms with Gasteiger partial charge in [-0.15, -0.1) is 0 Å². The van der Waals surface area contributed by atoms with Crippen LogP contribution in [0.25, 0.3) is 0 Å². The highest BCUT2D eigenvalue weighted by Crippen LogP contribution is 2.29. The van der Waals surface area contributed by atoms with Crippen molar-refractivity contribution in [1.29, 1.82) is 0 Å². The summed E-state index contributed by atoms with van der Waals surface area (Å²) < 4.78 is 29.4. The minimum absolute atomic E-state index is 0.00745. The highest BCUT2D eigenvalue weighted by Gasteiger charge is 2.34. The lowest BCUT2D eigenvalue weighted by Gasteiger charge is -2.34. The van der Waals surface area contributed by atoms with Gasteiger partial charge < -0.3 is 10.2 Å². The summed E-state index contributed by atoms with van der Waals surface area (Å²) in [6, 6.07) is 16.0. The topological polar surface area (TPSA) is 86.8 Å². The molecule has 0 saturated carbocycles. The lowest BCUT2D eigenvalue weighted by molar-refractivity contribution is -0.140. The Labute approximate surface area is 259 Å². The van der Waals surface area contributed by atoms with Crippen molar-refractivity contribution in [2.24, 2.45) is 0 Å². The molecule has 3 aromatic rings. The van der Waals surface area contributed by atoms with Crippen molar-refractivity contribution in [3.05, 3.63) is 93.0 Å². The van der Waals surface area contributed by atoms with Crippen LogP contribution in [0, 0.1) is 20.8 Å². The SMILES string of the molecule is CC[C@@H](C)NC(=O)[C@H](CC)N(Cc1ccc(Cl)cc1Cl)C(=O)CN(c1cc(C)ccc1C)S(=O)(=O)c1ccc(C)cc1. The maximum atomic E-state index is 14.3. The van der Waals surface area contributed by atoms with Crippen LogP contribution in [0.5, 0.6) is 0 Å². The van der Waals surface area contributed by atoms with Gasteiger partial charge in [-0.2, -0.15) is 0 Å². The molecule has 0 fully saturated rings. The molecule has 3 aromatic carbocycles. The number of hydrogen-bond acceptors (Lipinski definition) is 4. The van der Waals surface area contributed by atoms with Gasteiger partial charge >= 0.3 is 0 Å². The van der Waals surface area contributed by atoms with Gasteiger partial charge in [0.1, 0.15) is 12.6 Å². The summed E-state index contributed by atoms with van der Waals surface area (Å²) in [7, 11) is -4.16. The minimum Gasteiger partial charge on any atom is -0.352 e. The highest BCUT2D eigenvalue weighted by atomic mass is 35.5. The summed E-state index contributed by atoms with van der Waals surface area (Å²) in [5, 5.41) is 3.75. The first-order valence-electron chi connectivity index (χ1n) is 14.0. The number of nitrogens with one attached hydrogen (secondary N) is 1. The predicted molar refractivity (Wildman–Crippen MR) is 171 cm³/mol. The number of sulfonamides is 1. The monoisotopic (exact) mass is 631 g/mol. The molecular formula is C32H39Cl2N3O4S. The molecule has 2 amide bonds. The number of aryl methyl sites for hydroxylation is 3. The number of rotatable bonds is 12. The number of amides is 2. The molecule has 0 spiro atoms. The van der Waals surface area contributed by atoms with Gasteiger partial charge in [0.15, 0.2) is 0 Å². The van der Waals surface area contributed by atoms with Crippen LogP contribution in [0.15, 0.2) is 65.6 Å². The molecule has 0 saturated heterocycles. The van der Waals surface area contributed by atoms with Crippen molar-refractivity contribution in [2.45, 2.75) is 77.9 Å². The van der Waals surface area contributed by atoms with Gasteiger partial charge in [-0.25, -0.2) is 8.42 Å². The molecule has 0 aromatic heterocycles. The standard InChI is InChI=1S/C32H39Cl2N3O4S/c1-7-24(6)35-32(39)29(8-2)36(19-25-13-14-26(33)18-28(25)34)31(38)20-37(30-17-22(4)9-12-23(30)5)42(40,41)27-15-10-21(3)11-16-27/h9-18,24,29H,7-8,19-20H2,1-6H3,(H,35,39)/t24-,29+/m1/s1. The second-order valence-corrected chi connectivity index (χ2v) is 13.3. The van der Waals surface area contributed by atoms with E-state index in [0.717, 1.165) is 15.4 Å². The van der Waals surface area contributed by atoms with E-state index < -0.39 is 28.5 Å². The summed E-state index contributed by atoms with van der Waals surface area (Å²) in [6.45, 7) is 10.7. The molecule has 1 N–H and O–H groups in total. The van der Waals surface area contributed by atoms with Crippen molar-refractivity contribution in [3.63, 3.8) is 0 Å². The maximum absolute atomic E-state index is 14.3. The molecule has 10 heteroatoms. The molecule has 0 aliphatic heterocycles. The maximum Gasteiger partial charge on any atom is 0.264 e. The Morgan fingerprint density at radius 1 is 0.881 bits per heavy atom. The number of carbonyl (C=O) groups excluding carboxylic acids is 2. The van der Waals surface area contributed by atoms with E-state index in [1.165, 1.54) is 17.0 Å². The fourth-order valence-corrected chi connectivity index (χ4v) is 6.47. The lowest BCUT2D eigenvalue weighted by Crippen LogP contribution is -2.53. The van der Waals surface area contributed by atoms with Crippen LogP contribution in [0.4, 0.5) is 5.69 Å². The third-order valence-electron chi connectivity index (χ3n) is 7.26. The minimum atomic E-state index is -4.16. The number of anilines is 1. The zero-order valence-corrected chi connectivity index (χ0v) is 27.3. The van der Waals surface area contributed by atoms with E-state index in [9.17, 15) is 18.0 Å². The number of carbonyl (C=O) groups is 2. The molecule has 226 valence electrons. The average molecular weight is 633 g/mol. The summed E-state index contributed by atoms with van der Waals surface area (Å²) in [5.41, 5.74) is 3.43. The fourth-order valence-electron chi connectivity index (χ4n) is 4.53. The highest BCUT2D eigenvalue weighted by molar-refractivity contribution is 7.92. The largest absolute Gasteiger partial charge is 0.352 e. The van der Waals surface area contributed by atoms with Crippen LogP contribution < -0.4 is 9.62 Å². The number of nitrogens with zero attached hydrogens (tertiary/aromatic N) is 2. The first-order valence-corrected chi connectivity index (χ1v) is 16.2. The first kappa shape index (κ1) is 33.4. The van der Waals surface area contributed by atoms with Gasteiger partial charge in [0, 0.05) is 22.6 Å². The first-order chi connectivity index (χ1) is 19.8. The Morgan fingerprint density at radius 2 is 1.52 bits per heavy atom. The molecule has 0 aliphatic carbocycles. The van der Waals surface area contributed by atoms with Crippen LogP contribution in [0.1, 0.15) is 55.9 Å². The summed E-state index contributed by atoms with van der Waals surface area (Å²) >= 11 is 12.6. The van der Waals surface area contributed by atoms with Crippen molar-refractivity contribution < 1.29 is 18.0 Å². The summed E-state index contributed by atoms with van der Waals surface area (Å²) in [4.78, 5) is 29.2. The Kier molecular flexibility index (Phi) is 11.5. The molecule has 0 radical (unpaired) electrons. The Morgan fingerprint density at radius 3 is 2.12 bits per heavy atom. The van der Waals surface area contributed by atoms with Crippen LogP contribution >= 0.6 is 23.2 Å². The van der Waals surface area contributed by atoms with Crippen molar-refractivity contribution >= 4 is 50.7 Å². The van der Waals surface area contributed by atoms with Gasteiger partial charge in [0.2, 0.25) is 11.8 Å². The molecular weight excluding hydrogens is 593 g/mol. The molecule has 42 heavy (non-hydrogen) atoms. The van der Waals surface area contributed by atoms with E-state index in [0.29, 0.717) is 39.7 Å². The molecule has 0 heterocycles. The molecule has 0 unspecified atom stereocenters. The van der Waals surface area contributed by atoms with Gasteiger partial charge in [-0.05, 0) is 87.6 Å². The van der Waals surface area contributed by atoms with E-state index >= 15 is 0 Å². The molecule has 0 aliphatic rings. The van der Waals surface area contributed by atoms with Crippen molar-refractivity contribution in [3.8, 4) is 0 Å². The van der Waals surface area contributed by atoms with E-state index in [1.807, 2.05) is 46.8 Å². The number of benzene rings is 3. The van der Waals surface area contributed by atoms with E-state index in [4.69, 9.17) is 23.2 Å². The van der Waals surface area contributed by atoms with Gasteiger partial charge in [0.05, 0.1) is 10.6 Å². The normalized spacial score (nSPS) is 12.9. The van der Waals surface area contributed by atoms with Gasteiger partial charge in [-0.3, -0.25) is 13.9 Å². The van der Waals surface area contributed by atoms with Crippen LogP contribution in [0.3, 0.4) is 0 Å². The van der Waals surface area contributed by atoms with Gasteiger partial charge in [-0.1, -0.05) is 72.9 Å². The second kappa shape index (κ2) is 14.4. The van der Waals surface area contributed by atoms with Crippen LogP contribution in [-0.4, -0.2) is 43.8 Å². The Balaban J connectivity index is 2.12.